The van der Waals surface area contributed by atoms with E-state index >= 15 is 0 Å². The molecule has 0 aliphatic carbocycles. The maximum absolute atomic E-state index is 12.8. The van der Waals surface area contributed by atoms with Crippen LogP contribution in [0.4, 0.5) is 0 Å². The highest BCUT2D eigenvalue weighted by molar-refractivity contribution is 7.82. The number of aromatic nitrogens is 2. The van der Waals surface area contributed by atoms with Gasteiger partial charge in [0.25, 0.3) is 5.56 Å². The average molecular weight is 353 g/mol. The first-order valence-electron chi connectivity index (χ1n) is 8.25. The summed E-state index contributed by atoms with van der Waals surface area (Å²) in [6, 6.07) is 17.3. The molecule has 1 unspecified atom stereocenters. The largest absolute Gasteiger partial charge is 0.293 e. The summed E-state index contributed by atoms with van der Waals surface area (Å²) < 4.78 is 16.3. The van der Waals surface area contributed by atoms with Gasteiger partial charge in [0, 0.05) is 12.1 Å². The van der Waals surface area contributed by atoms with E-state index in [4.69, 9.17) is 0 Å². The smallest absolute Gasteiger partial charge is 0.274 e. The lowest BCUT2D eigenvalue weighted by Gasteiger charge is -2.24. The number of fused-ring (bicyclic) bond motifs is 1. The zero-order valence-electron chi connectivity index (χ0n) is 13.9. The molecule has 1 aliphatic heterocycles. The fourth-order valence-electron chi connectivity index (χ4n) is 3.10. The molecular weight excluding hydrogens is 334 g/mol. The zero-order chi connectivity index (χ0) is 17.4. The van der Waals surface area contributed by atoms with E-state index in [1.54, 1.807) is 4.68 Å². The number of nitrogens with one attached hydrogen (secondary N) is 1. The molecule has 0 fully saturated rings. The van der Waals surface area contributed by atoms with Crippen molar-refractivity contribution in [2.75, 3.05) is 6.54 Å². The van der Waals surface area contributed by atoms with Crippen LogP contribution in [0.1, 0.15) is 16.8 Å². The van der Waals surface area contributed by atoms with Crippen molar-refractivity contribution in [1.29, 1.82) is 0 Å². The molecule has 6 heteroatoms. The van der Waals surface area contributed by atoms with Gasteiger partial charge in [-0.1, -0.05) is 35.9 Å². The molecule has 0 radical (unpaired) electrons. The van der Waals surface area contributed by atoms with E-state index in [1.807, 2.05) is 65.8 Å². The van der Waals surface area contributed by atoms with Crippen LogP contribution in [-0.2, 0) is 24.0 Å². The molecule has 4 rings (SSSR count). The second kappa shape index (κ2) is 6.46. The molecule has 3 aromatic rings. The molecule has 0 bridgehead atoms. The molecule has 128 valence electrons. The first kappa shape index (κ1) is 16.1. The second-order valence-corrected chi connectivity index (χ2v) is 7.71. The number of aryl methyl sites for hydroxylation is 1. The molecule has 0 saturated heterocycles. The van der Waals surface area contributed by atoms with E-state index in [1.165, 1.54) is 0 Å². The van der Waals surface area contributed by atoms with Gasteiger partial charge in [-0.15, -0.1) is 0 Å². The lowest BCUT2D eigenvalue weighted by atomic mass is 10.1. The van der Waals surface area contributed by atoms with Crippen LogP contribution in [0.25, 0.3) is 5.69 Å². The molecule has 1 aromatic heterocycles. The highest BCUT2D eigenvalue weighted by Gasteiger charge is 2.26. The minimum Gasteiger partial charge on any atom is -0.293 e. The van der Waals surface area contributed by atoms with Crippen molar-refractivity contribution in [3.63, 3.8) is 0 Å². The normalized spacial score (nSPS) is 15.7. The SMILES string of the molecule is Cc1ccc(S(=O)N2CCc3c([nH]n(-c4ccccc4)c3=O)C2)cc1. The summed E-state index contributed by atoms with van der Waals surface area (Å²) in [5.74, 6) is 0. The topological polar surface area (TPSA) is 58.1 Å². The first-order chi connectivity index (χ1) is 12.1. The third kappa shape index (κ3) is 2.99. The fourth-order valence-corrected chi connectivity index (χ4v) is 4.27. The van der Waals surface area contributed by atoms with Gasteiger partial charge in [0.05, 0.1) is 22.8 Å². The minimum absolute atomic E-state index is 0.0121. The summed E-state index contributed by atoms with van der Waals surface area (Å²) >= 11 is 0. The van der Waals surface area contributed by atoms with Crippen LogP contribution in [0.15, 0.2) is 64.3 Å². The van der Waals surface area contributed by atoms with E-state index in [-0.39, 0.29) is 5.56 Å². The summed E-state index contributed by atoms with van der Waals surface area (Å²) in [4.78, 5) is 13.4. The monoisotopic (exact) mass is 353 g/mol. The van der Waals surface area contributed by atoms with Crippen molar-refractivity contribution in [2.24, 2.45) is 0 Å². The maximum Gasteiger partial charge on any atom is 0.274 e. The Labute approximate surface area is 148 Å². The van der Waals surface area contributed by atoms with Gasteiger partial charge in [-0.25, -0.2) is 13.2 Å². The van der Waals surface area contributed by atoms with Gasteiger partial charge in [0.15, 0.2) is 0 Å². The highest BCUT2D eigenvalue weighted by atomic mass is 32.2. The molecular formula is C19H19N3O2S. The number of para-hydroxylation sites is 1. The molecule has 0 amide bonds. The van der Waals surface area contributed by atoms with Crippen LogP contribution >= 0.6 is 0 Å². The Morgan fingerprint density at radius 2 is 1.76 bits per heavy atom. The van der Waals surface area contributed by atoms with Crippen LogP contribution in [-0.4, -0.2) is 24.8 Å². The van der Waals surface area contributed by atoms with Crippen LogP contribution in [0, 0.1) is 6.92 Å². The average Bonchev–Trinajstić information content (AvgIpc) is 2.99. The minimum atomic E-state index is -1.23. The lowest BCUT2D eigenvalue weighted by Crippen LogP contribution is -2.33. The van der Waals surface area contributed by atoms with E-state index in [2.05, 4.69) is 5.10 Å². The number of rotatable bonds is 3. The van der Waals surface area contributed by atoms with E-state index in [0.717, 1.165) is 27.4 Å². The van der Waals surface area contributed by atoms with Crippen molar-refractivity contribution in [3.8, 4) is 5.69 Å². The fraction of sp³-hybridized carbons (Fsp3) is 0.211. The summed E-state index contributed by atoms with van der Waals surface area (Å²) in [5.41, 5.74) is 3.59. The van der Waals surface area contributed by atoms with Gasteiger partial charge in [0.2, 0.25) is 0 Å². The van der Waals surface area contributed by atoms with Crippen LogP contribution in [0.3, 0.4) is 0 Å². The number of aromatic amines is 1. The van der Waals surface area contributed by atoms with Crippen molar-refractivity contribution in [1.82, 2.24) is 14.1 Å². The van der Waals surface area contributed by atoms with Crippen LogP contribution in [0.5, 0.6) is 0 Å². The number of hydrogen-bond acceptors (Lipinski definition) is 2. The summed E-state index contributed by atoms with van der Waals surface area (Å²) in [7, 11) is -1.23. The Morgan fingerprint density at radius 3 is 2.48 bits per heavy atom. The van der Waals surface area contributed by atoms with E-state index < -0.39 is 11.0 Å². The molecule has 1 aliphatic rings. The van der Waals surface area contributed by atoms with E-state index in [0.29, 0.717) is 19.5 Å². The standard InChI is InChI=1S/C19H19N3O2S/c1-14-7-9-16(10-8-14)25(24)21-12-11-17-18(13-21)20-22(19(17)23)15-5-3-2-4-6-15/h2-10,20H,11-13H2,1H3. The Kier molecular flexibility index (Phi) is 4.15. The molecule has 0 spiro atoms. The van der Waals surface area contributed by atoms with Gasteiger partial charge in [-0.2, -0.15) is 0 Å². The third-order valence-electron chi connectivity index (χ3n) is 4.49. The molecule has 1 N–H and O–H groups in total. The second-order valence-electron chi connectivity index (χ2n) is 6.22. The van der Waals surface area contributed by atoms with Gasteiger partial charge in [-0.05, 0) is 37.6 Å². The predicted octanol–water partition coefficient (Wildman–Crippen LogP) is 2.55. The van der Waals surface area contributed by atoms with E-state index in [9.17, 15) is 9.00 Å². The first-order valence-corrected chi connectivity index (χ1v) is 9.36. The van der Waals surface area contributed by atoms with Gasteiger partial charge < -0.3 is 0 Å². The summed E-state index contributed by atoms with van der Waals surface area (Å²) in [5, 5.41) is 3.19. The van der Waals surface area contributed by atoms with Gasteiger partial charge >= 0.3 is 0 Å². The Balaban J connectivity index is 1.62. The lowest BCUT2D eigenvalue weighted by molar-refractivity contribution is 0.414. The number of H-pyrrole nitrogens is 1. The molecule has 2 aromatic carbocycles. The molecule has 2 heterocycles. The van der Waals surface area contributed by atoms with Gasteiger partial charge in [0.1, 0.15) is 11.0 Å². The number of nitrogens with zero attached hydrogens (tertiary/aromatic N) is 2. The molecule has 5 nitrogen and oxygen atoms in total. The van der Waals surface area contributed by atoms with Crippen molar-refractivity contribution >= 4 is 11.0 Å². The Bertz CT molecular complexity index is 974. The van der Waals surface area contributed by atoms with Crippen molar-refractivity contribution in [2.45, 2.75) is 24.8 Å². The van der Waals surface area contributed by atoms with Crippen molar-refractivity contribution < 1.29 is 4.21 Å². The zero-order valence-corrected chi connectivity index (χ0v) is 14.8. The van der Waals surface area contributed by atoms with Crippen LogP contribution in [0.2, 0.25) is 0 Å². The summed E-state index contributed by atoms with van der Waals surface area (Å²) in [6.07, 6.45) is 0.599. The third-order valence-corrected chi connectivity index (χ3v) is 5.95. The summed E-state index contributed by atoms with van der Waals surface area (Å²) in [6.45, 7) is 3.09. The number of hydrogen-bond donors (Lipinski definition) is 1. The number of benzene rings is 2. The maximum atomic E-state index is 12.8. The predicted molar refractivity (Wildman–Crippen MR) is 98.1 cm³/mol. The Morgan fingerprint density at radius 1 is 1.04 bits per heavy atom. The Hall–Kier alpha value is -2.44. The molecule has 0 saturated carbocycles. The van der Waals surface area contributed by atoms with Gasteiger partial charge in [-0.3, -0.25) is 9.89 Å². The molecule has 1 atom stereocenters. The highest BCUT2D eigenvalue weighted by Crippen LogP contribution is 2.21. The van der Waals surface area contributed by atoms with Crippen LogP contribution < -0.4 is 5.56 Å². The quantitative estimate of drug-likeness (QED) is 0.787. The molecule has 25 heavy (non-hydrogen) atoms. The van der Waals surface area contributed by atoms with Crippen molar-refractivity contribution in [3.05, 3.63) is 81.8 Å².